The van der Waals surface area contributed by atoms with Crippen molar-refractivity contribution in [1.82, 2.24) is 0 Å². The predicted octanol–water partition coefficient (Wildman–Crippen LogP) is 15.8. The van der Waals surface area contributed by atoms with Crippen LogP contribution in [0.15, 0.2) is 0 Å². The smallest absolute Gasteiger partial charge is 0.178 e. The van der Waals surface area contributed by atoms with Crippen LogP contribution in [0.25, 0.3) is 0 Å². The summed E-state index contributed by atoms with van der Waals surface area (Å²) in [6.45, 7) is 14.4. The molecule has 0 amide bonds. The van der Waals surface area contributed by atoms with Gasteiger partial charge in [0.25, 0.3) is 0 Å². The van der Waals surface area contributed by atoms with Gasteiger partial charge in [0.2, 0.25) is 0 Å². The van der Waals surface area contributed by atoms with Crippen LogP contribution in [0.5, 0.6) is 0 Å². The highest BCUT2D eigenvalue weighted by molar-refractivity contribution is 7.99. The molecule has 0 radical (unpaired) electrons. The molecule has 0 N–H and O–H groups in total. The standard InChI is InChI=1S/C40H86OS2Si2/c1-7-9-11-13-15-17-19-21-23-25-27-29-31-33-35-42-37-39-45(6,41-44(3,4)5)40-38-43-36-34-32-30-28-26-24-22-20-18-16-14-12-10-8-2/h7-40H2,1-6H3. The second kappa shape index (κ2) is 34.9. The molecular weight excluding hydrogens is 617 g/mol. The van der Waals surface area contributed by atoms with Crippen molar-refractivity contribution in [2.24, 2.45) is 0 Å². The molecule has 0 heterocycles. The molecule has 272 valence electrons. The minimum atomic E-state index is -1.58. The van der Waals surface area contributed by atoms with Crippen LogP contribution in [-0.4, -0.2) is 39.6 Å². The topological polar surface area (TPSA) is 9.23 Å². The highest BCUT2D eigenvalue weighted by atomic mass is 32.2. The molecule has 0 spiro atoms. The van der Waals surface area contributed by atoms with E-state index in [2.05, 4.69) is 63.6 Å². The van der Waals surface area contributed by atoms with Crippen molar-refractivity contribution in [1.29, 1.82) is 0 Å². The normalized spacial score (nSPS) is 12.4. The maximum atomic E-state index is 6.93. The van der Waals surface area contributed by atoms with Gasteiger partial charge in [-0.25, -0.2) is 0 Å². The number of unbranched alkanes of at least 4 members (excludes halogenated alkanes) is 26. The van der Waals surface area contributed by atoms with Crippen LogP contribution in [0.3, 0.4) is 0 Å². The van der Waals surface area contributed by atoms with Gasteiger partial charge in [-0.15, -0.1) is 0 Å². The van der Waals surface area contributed by atoms with Crippen molar-refractivity contribution in [3.05, 3.63) is 0 Å². The number of rotatable bonds is 38. The van der Waals surface area contributed by atoms with Gasteiger partial charge in [0.15, 0.2) is 16.6 Å². The van der Waals surface area contributed by atoms with Crippen molar-refractivity contribution >= 4 is 40.2 Å². The van der Waals surface area contributed by atoms with E-state index in [-0.39, 0.29) is 0 Å². The second-order valence-corrected chi connectivity index (χ2v) is 27.0. The first kappa shape index (κ1) is 46.1. The quantitative estimate of drug-likeness (QED) is 0.0468. The van der Waals surface area contributed by atoms with Crippen LogP contribution in [-0.2, 0) is 4.12 Å². The molecule has 0 aromatic heterocycles. The summed E-state index contributed by atoms with van der Waals surface area (Å²) in [6.07, 6.45) is 40.7. The largest absolute Gasteiger partial charge is 0.455 e. The molecular formula is C40H86OS2Si2. The molecule has 0 saturated carbocycles. The summed E-state index contributed by atoms with van der Waals surface area (Å²) in [5, 5.41) is 0. The zero-order valence-electron chi connectivity index (χ0n) is 32.3. The van der Waals surface area contributed by atoms with Crippen LogP contribution in [0.4, 0.5) is 0 Å². The zero-order valence-corrected chi connectivity index (χ0v) is 35.9. The van der Waals surface area contributed by atoms with Crippen LogP contribution in [0.1, 0.15) is 194 Å². The summed E-state index contributed by atoms with van der Waals surface area (Å²) in [5.74, 6) is 5.39. The van der Waals surface area contributed by atoms with E-state index in [1.807, 2.05) is 0 Å². The number of hydrogen-bond donors (Lipinski definition) is 0. The molecule has 0 unspecified atom stereocenters. The summed E-state index contributed by atoms with van der Waals surface area (Å²) in [7, 11) is -3.06. The van der Waals surface area contributed by atoms with Gasteiger partial charge in [-0.3, -0.25) is 0 Å². The van der Waals surface area contributed by atoms with Gasteiger partial charge in [0, 0.05) is 0 Å². The van der Waals surface area contributed by atoms with Gasteiger partial charge < -0.3 is 4.12 Å². The van der Waals surface area contributed by atoms with Gasteiger partial charge >= 0.3 is 0 Å². The Balaban J connectivity index is 3.69. The van der Waals surface area contributed by atoms with Crippen LogP contribution >= 0.6 is 23.5 Å². The zero-order chi connectivity index (χ0) is 33.2. The fourth-order valence-corrected chi connectivity index (χ4v) is 19.4. The van der Waals surface area contributed by atoms with E-state index in [1.54, 1.807) is 0 Å². The molecule has 5 heteroatoms. The Kier molecular flexibility index (Phi) is 35.8. The SMILES string of the molecule is CCCCCCCCCCCCCCCCSCC[Si](C)(CCSCCCCCCCCCCCCCCCC)O[Si](C)(C)C. The third kappa shape index (κ3) is 37.8. The molecule has 1 nitrogen and oxygen atoms in total. The summed E-state index contributed by atoms with van der Waals surface area (Å²) in [5.41, 5.74) is 0. The molecule has 0 atom stereocenters. The third-order valence-electron chi connectivity index (χ3n) is 9.39. The van der Waals surface area contributed by atoms with Gasteiger partial charge in [-0.05, 0) is 74.1 Å². The Morgan fingerprint density at radius 3 is 0.822 bits per heavy atom. The van der Waals surface area contributed by atoms with Crippen LogP contribution < -0.4 is 0 Å². The van der Waals surface area contributed by atoms with E-state index in [9.17, 15) is 0 Å². The Labute approximate surface area is 297 Å². The van der Waals surface area contributed by atoms with Crippen molar-refractivity contribution in [2.45, 2.75) is 232 Å². The average Bonchev–Trinajstić information content (AvgIpc) is 2.99. The lowest BCUT2D eigenvalue weighted by atomic mass is 10.0. The fraction of sp³-hybridized carbons (Fsp3) is 1.00. The summed E-state index contributed by atoms with van der Waals surface area (Å²) in [6, 6.07) is 2.72. The Hall–Kier alpha value is 1.09. The van der Waals surface area contributed by atoms with E-state index in [4.69, 9.17) is 4.12 Å². The molecule has 0 saturated heterocycles. The molecule has 0 aliphatic carbocycles. The van der Waals surface area contributed by atoms with E-state index < -0.39 is 16.6 Å². The summed E-state index contributed by atoms with van der Waals surface area (Å²) < 4.78 is 6.93. The second-order valence-electron chi connectivity index (χ2n) is 15.6. The number of hydrogen-bond acceptors (Lipinski definition) is 3. The first-order chi connectivity index (χ1) is 21.8. The minimum absolute atomic E-state index is 1.33. The number of thioether (sulfide) groups is 2. The maximum absolute atomic E-state index is 6.93. The van der Waals surface area contributed by atoms with E-state index >= 15 is 0 Å². The fourth-order valence-electron chi connectivity index (χ4n) is 6.54. The Morgan fingerprint density at radius 2 is 0.578 bits per heavy atom. The van der Waals surface area contributed by atoms with Crippen LogP contribution in [0.2, 0.25) is 38.3 Å². The molecule has 0 aliphatic heterocycles. The molecule has 0 aliphatic rings. The van der Waals surface area contributed by atoms with Crippen molar-refractivity contribution in [2.75, 3.05) is 23.0 Å². The predicted molar refractivity (Wildman–Crippen MR) is 221 cm³/mol. The van der Waals surface area contributed by atoms with Gasteiger partial charge in [-0.1, -0.05) is 181 Å². The van der Waals surface area contributed by atoms with Crippen molar-refractivity contribution in [3.63, 3.8) is 0 Å². The highest BCUT2D eigenvalue weighted by Crippen LogP contribution is 2.27. The first-order valence-electron chi connectivity index (χ1n) is 20.7. The lowest BCUT2D eigenvalue weighted by Crippen LogP contribution is -2.45. The lowest BCUT2D eigenvalue weighted by molar-refractivity contribution is 0.538. The first-order valence-corrected chi connectivity index (χ1v) is 29.2. The summed E-state index contributed by atoms with van der Waals surface area (Å²) in [4.78, 5) is 0. The maximum Gasteiger partial charge on any atom is 0.178 e. The van der Waals surface area contributed by atoms with Gasteiger partial charge in [0.1, 0.15) is 0 Å². The molecule has 0 aromatic carbocycles. The molecule has 0 aromatic rings. The molecule has 0 rings (SSSR count). The lowest BCUT2D eigenvalue weighted by Gasteiger charge is -2.34. The van der Waals surface area contributed by atoms with Crippen molar-refractivity contribution < 1.29 is 4.12 Å². The van der Waals surface area contributed by atoms with Gasteiger partial charge in [-0.2, -0.15) is 23.5 Å². The van der Waals surface area contributed by atoms with E-state index in [1.165, 1.54) is 215 Å². The molecule has 0 fully saturated rings. The highest BCUT2D eigenvalue weighted by Gasteiger charge is 2.33. The van der Waals surface area contributed by atoms with Crippen LogP contribution in [0, 0.1) is 0 Å². The average molecular weight is 703 g/mol. The van der Waals surface area contributed by atoms with E-state index in [0.29, 0.717) is 0 Å². The summed E-state index contributed by atoms with van der Waals surface area (Å²) >= 11 is 4.44. The third-order valence-corrected chi connectivity index (χ3v) is 19.3. The van der Waals surface area contributed by atoms with Crippen molar-refractivity contribution in [3.8, 4) is 0 Å². The monoisotopic (exact) mass is 703 g/mol. The molecule has 0 bridgehead atoms. The molecule has 45 heavy (non-hydrogen) atoms. The Bertz CT molecular complexity index is 531. The Morgan fingerprint density at radius 1 is 0.333 bits per heavy atom. The van der Waals surface area contributed by atoms with Gasteiger partial charge in [0.05, 0.1) is 0 Å². The minimum Gasteiger partial charge on any atom is -0.455 e. The van der Waals surface area contributed by atoms with E-state index in [0.717, 1.165) is 0 Å².